The number of halogens is 1. The van der Waals surface area contributed by atoms with Gasteiger partial charge in [0.2, 0.25) is 5.89 Å². The topological polar surface area (TPSA) is 52.0 Å². The summed E-state index contributed by atoms with van der Waals surface area (Å²) in [5.74, 6) is 0.611. The van der Waals surface area contributed by atoms with E-state index in [1.165, 1.54) is 0 Å². The Labute approximate surface area is 113 Å². The molecule has 0 saturated carbocycles. The van der Waals surface area contributed by atoms with Crippen molar-refractivity contribution < 1.29 is 4.42 Å². The van der Waals surface area contributed by atoms with Crippen LogP contribution in [0.1, 0.15) is 5.56 Å². The van der Waals surface area contributed by atoms with Gasteiger partial charge in [-0.15, -0.1) is 0 Å². The van der Waals surface area contributed by atoms with E-state index < -0.39 is 0 Å². The van der Waals surface area contributed by atoms with Crippen LogP contribution in [0.4, 0.5) is 5.69 Å². The lowest BCUT2D eigenvalue weighted by molar-refractivity contribution is 0.620. The molecule has 18 heavy (non-hydrogen) atoms. The molecule has 0 fully saturated rings. The second kappa shape index (κ2) is 4.14. The van der Waals surface area contributed by atoms with Gasteiger partial charge in [0.1, 0.15) is 5.52 Å². The molecule has 0 amide bonds. The van der Waals surface area contributed by atoms with Crippen molar-refractivity contribution >= 4 is 32.7 Å². The van der Waals surface area contributed by atoms with Crippen LogP contribution in [0.5, 0.6) is 0 Å². The fourth-order valence-electron chi connectivity index (χ4n) is 1.87. The number of oxazole rings is 1. The molecule has 0 spiro atoms. The van der Waals surface area contributed by atoms with Crippen molar-refractivity contribution in [2.24, 2.45) is 0 Å². The molecular formula is C14H11BrN2O. The van der Waals surface area contributed by atoms with E-state index >= 15 is 0 Å². The molecule has 0 atom stereocenters. The maximum Gasteiger partial charge on any atom is 0.227 e. The Morgan fingerprint density at radius 2 is 2.06 bits per heavy atom. The van der Waals surface area contributed by atoms with Crippen LogP contribution in [0.15, 0.2) is 45.3 Å². The third kappa shape index (κ3) is 1.78. The van der Waals surface area contributed by atoms with Crippen molar-refractivity contribution in [3.63, 3.8) is 0 Å². The Kier molecular flexibility index (Phi) is 2.59. The number of para-hydroxylation sites is 1. The molecule has 3 nitrogen and oxygen atoms in total. The van der Waals surface area contributed by atoms with Gasteiger partial charge in [-0.05, 0) is 52.7 Å². The van der Waals surface area contributed by atoms with Gasteiger partial charge in [-0.3, -0.25) is 0 Å². The van der Waals surface area contributed by atoms with E-state index in [9.17, 15) is 0 Å². The number of hydrogen-bond donors (Lipinski definition) is 1. The number of fused-ring (bicyclic) bond motifs is 1. The molecule has 2 aromatic carbocycles. The highest BCUT2D eigenvalue weighted by molar-refractivity contribution is 9.10. The molecule has 3 rings (SSSR count). The molecule has 0 radical (unpaired) electrons. The summed E-state index contributed by atoms with van der Waals surface area (Å²) in [6.45, 7) is 2.02. The van der Waals surface area contributed by atoms with Gasteiger partial charge in [0, 0.05) is 15.7 Å². The molecule has 0 aliphatic heterocycles. The quantitative estimate of drug-likeness (QED) is 0.687. The molecule has 0 unspecified atom stereocenters. The van der Waals surface area contributed by atoms with Crippen LogP contribution >= 0.6 is 15.9 Å². The average Bonchev–Trinajstić information content (AvgIpc) is 2.78. The van der Waals surface area contributed by atoms with Gasteiger partial charge < -0.3 is 10.2 Å². The Bertz CT molecular complexity index is 734. The van der Waals surface area contributed by atoms with Crippen LogP contribution in [0, 0.1) is 6.92 Å². The third-order valence-corrected chi connectivity index (χ3v) is 3.55. The highest BCUT2D eigenvalue weighted by Crippen LogP contribution is 2.29. The van der Waals surface area contributed by atoms with E-state index in [-0.39, 0.29) is 0 Å². The number of nitrogens with two attached hydrogens (primary N) is 1. The molecule has 4 heteroatoms. The zero-order chi connectivity index (χ0) is 12.7. The van der Waals surface area contributed by atoms with Crippen LogP contribution in [0.2, 0.25) is 0 Å². The maximum atomic E-state index is 5.77. The Hall–Kier alpha value is -1.81. The highest BCUT2D eigenvalue weighted by atomic mass is 79.9. The summed E-state index contributed by atoms with van der Waals surface area (Å²) in [6, 6.07) is 11.6. The van der Waals surface area contributed by atoms with Crippen LogP contribution in [0.25, 0.3) is 22.6 Å². The summed E-state index contributed by atoms with van der Waals surface area (Å²) in [7, 11) is 0. The van der Waals surface area contributed by atoms with Crippen LogP contribution < -0.4 is 5.73 Å². The zero-order valence-corrected chi connectivity index (χ0v) is 11.4. The number of aryl methyl sites for hydroxylation is 1. The lowest BCUT2D eigenvalue weighted by atomic mass is 10.2. The summed E-state index contributed by atoms with van der Waals surface area (Å²) < 4.78 is 6.60. The van der Waals surface area contributed by atoms with E-state index in [0.717, 1.165) is 26.7 Å². The molecule has 0 aliphatic carbocycles. The summed E-state index contributed by atoms with van der Waals surface area (Å²) in [5, 5.41) is 0. The lowest BCUT2D eigenvalue weighted by Crippen LogP contribution is -1.86. The first-order valence-corrected chi connectivity index (χ1v) is 6.36. The van der Waals surface area contributed by atoms with Gasteiger partial charge in [0.15, 0.2) is 5.58 Å². The monoisotopic (exact) mass is 302 g/mol. The molecule has 1 aromatic heterocycles. The largest absolute Gasteiger partial charge is 0.436 e. The lowest BCUT2D eigenvalue weighted by Gasteiger charge is -1.99. The molecule has 90 valence electrons. The summed E-state index contributed by atoms with van der Waals surface area (Å²) in [4.78, 5) is 4.52. The molecule has 0 aliphatic rings. The van der Waals surface area contributed by atoms with Crippen LogP contribution in [-0.2, 0) is 0 Å². The van der Waals surface area contributed by atoms with Crippen LogP contribution in [0.3, 0.4) is 0 Å². The summed E-state index contributed by atoms with van der Waals surface area (Å²) >= 11 is 3.41. The SMILES string of the molecule is Cc1cccc2oc(-c3ccc(N)c(Br)c3)nc12. The van der Waals surface area contributed by atoms with Gasteiger partial charge in [-0.1, -0.05) is 12.1 Å². The number of hydrogen-bond acceptors (Lipinski definition) is 3. The van der Waals surface area contributed by atoms with Crippen molar-refractivity contribution in [1.29, 1.82) is 0 Å². The average molecular weight is 303 g/mol. The normalized spacial score (nSPS) is 11.0. The van der Waals surface area contributed by atoms with E-state index in [0.29, 0.717) is 11.6 Å². The third-order valence-electron chi connectivity index (χ3n) is 2.87. The van der Waals surface area contributed by atoms with Crippen molar-refractivity contribution in [2.75, 3.05) is 5.73 Å². The molecule has 2 N–H and O–H groups in total. The van der Waals surface area contributed by atoms with Gasteiger partial charge in [-0.25, -0.2) is 4.98 Å². The van der Waals surface area contributed by atoms with E-state index in [1.54, 1.807) is 0 Å². The molecule has 0 bridgehead atoms. The zero-order valence-electron chi connectivity index (χ0n) is 9.77. The van der Waals surface area contributed by atoms with Crippen molar-refractivity contribution in [3.05, 3.63) is 46.4 Å². The molecule has 0 saturated heterocycles. The smallest absolute Gasteiger partial charge is 0.227 e. The van der Waals surface area contributed by atoms with E-state index in [4.69, 9.17) is 10.2 Å². The van der Waals surface area contributed by atoms with Crippen molar-refractivity contribution in [2.45, 2.75) is 6.92 Å². The van der Waals surface area contributed by atoms with Gasteiger partial charge in [0.05, 0.1) is 0 Å². The minimum Gasteiger partial charge on any atom is -0.436 e. The minimum atomic E-state index is 0.611. The Morgan fingerprint density at radius 3 is 2.78 bits per heavy atom. The van der Waals surface area contributed by atoms with E-state index in [1.807, 2.05) is 43.3 Å². The second-order valence-corrected chi connectivity index (χ2v) is 5.03. The highest BCUT2D eigenvalue weighted by Gasteiger charge is 2.10. The summed E-state index contributed by atoms with van der Waals surface area (Å²) in [6.07, 6.45) is 0. The standard InChI is InChI=1S/C14H11BrN2O/c1-8-3-2-4-12-13(8)17-14(18-12)9-5-6-11(16)10(15)7-9/h2-7H,16H2,1H3. The molecular weight excluding hydrogens is 292 g/mol. The summed E-state index contributed by atoms with van der Waals surface area (Å²) in [5.41, 5.74) is 10.2. The number of anilines is 1. The fourth-order valence-corrected chi connectivity index (χ4v) is 2.25. The molecule has 1 heterocycles. The first-order chi connectivity index (χ1) is 8.65. The minimum absolute atomic E-state index is 0.611. The Balaban J connectivity index is 2.19. The second-order valence-electron chi connectivity index (χ2n) is 4.18. The number of nitrogen functional groups attached to an aromatic ring is 1. The predicted molar refractivity (Wildman–Crippen MR) is 76.3 cm³/mol. The fraction of sp³-hybridized carbons (Fsp3) is 0.0714. The van der Waals surface area contributed by atoms with E-state index in [2.05, 4.69) is 20.9 Å². The van der Waals surface area contributed by atoms with Crippen LogP contribution in [-0.4, -0.2) is 4.98 Å². The van der Waals surface area contributed by atoms with Gasteiger partial charge >= 0.3 is 0 Å². The van der Waals surface area contributed by atoms with Crippen molar-refractivity contribution in [1.82, 2.24) is 4.98 Å². The molecule has 3 aromatic rings. The number of aromatic nitrogens is 1. The first kappa shape index (κ1) is 11.3. The number of nitrogens with zero attached hydrogens (tertiary/aromatic N) is 1. The number of benzene rings is 2. The Morgan fingerprint density at radius 1 is 1.22 bits per heavy atom. The van der Waals surface area contributed by atoms with Gasteiger partial charge in [0.25, 0.3) is 0 Å². The number of rotatable bonds is 1. The predicted octanol–water partition coefficient (Wildman–Crippen LogP) is 4.15. The van der Waals surface area contributed by atoms with Crippen molar-refractivity contribution in [3.8, 4) is 11.5 Å². The first-order valence-electron chi connectivity index (χ1n) is 5.57. The van der Waals surface area contributed by atoms with Gasteiger partial charge in [-0.2, -0.15) is 0 Å². The maximum absolute atomic E-state index is 5.77.